The van der Waals surface area contributed by atoms with Crippen LogP contribution in [0.15, 0.2) is 24.3 Å². The van der Waals surface area contributed by atoms with Crippen molar-refractivity contribution in [1.82, 2.24) is 4.90 Å². The maximum atomic E-state index is 11.0. The van der Waals surface area contributed by atoms with Crippen LogP contribution in [-0.2, 0) is 0 Å². The highest BCUT2D eigenvalue weighted by atomic mass is 16.5. The van der Waals surface area contributed by atoms with Crippen molar-refractivity contribution in [1.29, 1.82) is 0 Å². The highest BCUT2D eigenvalue weighted by Gasteiger charge is 2.36. The van der Waals surface area contributed by atoms with E-state index in [4.69, 9.17) is 4.74 Å². The fourth-order valence-electron chi connectivity index (χ4n) is 4.33. The third-order valence-electron chi connectivity index (χ3n) is 5.92. The largest absolute Gasteiger partial charge is 0.497 e. The lowest BCUT2D eigenvalue weighted by Gasteiger charge is -2.44. The van der Waals surface area contributed by atoms with E-state index < -0.39 is 5.60 Å². The van der Waals surface area contributed by atoms with Crippen molar-refractivity contribution in [2.24, 2.45) is 0 Å². The fraction of sp³-hybridized carbons (Fsp3) is 0.700. The number of nitrogens with zero attached hydrogens (tertiary/aromatic N) is 2. The molecule has 1 aromatic carbocycles. The summed E-state index contributed by atoms with van der Waals surface area (Å²) in [5.74, 6) is 0.865. The predicted octanol–water partition coefficient (Wildman–Crippen LogP) is 2.26. The van der Waals surface area contributed by atoms with Gasteiger partial charge in [0.05, 0.1) is 18.8 Å². The zero-order chi connectivity index (χ0) is 17.9. The van der Waals surface area contributed by atoms with E-state index in [2.05, 4.69) is 21.9 Å². The SMILES string of the molecule is COc1cccc(N2CCC(O)(CN(C)[C@H]3CCCC[C@H]3O)CC2)c1. The molecule has 2 aliphatic rings. The van der Waals surface area contributed by atoms with Crippen LogP contribution in [0.5, 0.6) is 5.75 Å². The number of aliphatic hydroxyl groups excluding tert-OH is 1. The number of likely N-dealkylation sites (N-methyl/N-ethyl adjacent to an activating group) is 1. The molecule has 3 rings (SSSR count). The molecule has 25 heavy (non-hydrogen) atoms. The van der Waals surface area contributed by atoms with Gasteiger partial charge >= 0.3 is 0 Å². The van der Waals surface area contributed by atoms with Gasteiger partial charge in [0.2, 0.25) is 0 Å². The highest BCUT2D eigenvalue weighted by molar-refractivity contribution is 5.51. The second kappa shape index (κ2) is 7.94. The quantitative estimate of drug-likeness (QED) is 0.855. The van der Waals surface area contributed by atoms with E-state index in [9.17, 15) is 10.2 Å². The summed E-state index contributed by atoms with van der Waals surface area (Å²) < 4.78 is 5.31. The number of methoxy groups -OCH3 is 1. The van der Waals surface area contributed by atoms with Crippen molar-refractivity contribution in [3.8, 4) is 5.75 Å². The molecule has 2 N–H and O–H groups in total. The summed E-state index contributed by atoms with van der Waals surface area (Å²) in [6.45, 7) is 2.32. The van der Waals surface area contributed by atoms with E-state index >= 15 is 0 Å². The van der Waals surface area contributed by atoms with Crippen LogP contribution >= 0.6 is 0 Å². The van der Waals surface area contributed by atoms with Gasteiger partial charge < -0.3 is 19.8 Å². The van der Waals surface area contributed by atoms with Gasteiger partial charge in [0, 0.05) is 37.4 Å². The molecule has 140 valence electrons. The van der Waals surface area contributed by atoms with Crippen LogP contribution < -0.4 is 9.64 Å². The third-order valence-corrected chi connectivity index (χ3v) is 5.92. The Hall–Kier alpha value is -1.30. The Bertz CT molecular complexity index is 558. The van der Waals surface area contributed by atoms with Crippen LogP contribution in [-0.4, -0.2) is 66.7 Å². The second-order valence-electron chi connectivity index (χ2n) is 7.75. The van der Waals surface area contributed by atoms with Gasteiger partial charge in [-0.05, 0) is 44.9 Å². The molecule has 1 aliphatic carbocycles. The van der Waals surface area contributed by atoms with E-state index in [0.717, 1.165) is 56.6 Å². The molecule has 0 radical (unpaired) electrons. The predicted molar refractivity (Wildman–Crippen MR) is 100 cm³/mol. The molecular weight excluding hydrogens is 316 g/mol. The first-order chi connectivity index (χ1) is 12.0. The molecule has 1 saturated carbocycles. The van der Waals surface area contributed by atoms with Crippen molar-refractivity contribution in [3.05, 3.63) is 24.3 Å². The van der Waals surface area contributed by atoms with Gasteiger partial charge in [0.1, 0.15) is 5.75 Å². The van der Waals surface area contributed by atoms with Gasteiger partial charge in [-0.2, -0.15) is 0 Å². The van der Waals surface area contributed by atoms with Crippen molar-refractivity contribution in [3.63, 3.8) is 0 Å². The van der Waals surface area contributed by atoms with Crippen LogP contribution in [0.1, 0.15) is 38.5 Å². The molecule has 2 atom stereocenters. The smallest absolute Gasteiger partial charge is 0.120 e. The second-order valence-corrected chi connectivity index (χ2v) is 7.75. The summed E-state index contributed by atoms with van der Waals surface area (Å²) in [7, 11) is 3.73. The van der Waals surface area contributed by atoms with Crippen molar-refractivity contribution >= 4 is 5.69 Å². The molecule has 0 unspecified atom stereocenters. The van der Waals surface area contributed by atoms with Crippen molar-refractivity contribution in [2.45, 2.75) is 56.3 Å². The normalized spacial score (nSPS) is 26.7. The number of anilines is 1. The molecule has 5 nitrogen and oxygen atoms in total. The van der Waals surface area contributed by atoms with E-state index in [1.54, 1.807) is 7.11 Å². The minimum Gasteiger partial charge on any atom is -0.497 e. The first kappa shape index (κ1) is 18.5. The Labute approximate surface area is 151 Å². The summed E-state index contributed by atoms with van der Waals surface area (Å²) in [4.78, 5) is 4.50. The molecule has 0 aromatic heterocycles. The molecule has 0 spiro atoms. The Morgan fingerprint density at radius 3 is 2.64 bits per heavy atom. The van der Waals surface area contributed by atoms with Crippen molar-refractivity contribution in [2.75, 3.05) is 38.7 Å². The molecule has 2 fully saturated rings. The summed E-state index contributed by atoms with van der Waals surface area (Å²) in [6.07, 6.45) is 5.45. The Morgan fingerprint density at radius 2 is 1.96 bits per heavy atom. The number of ether oxygens (including phenoxy) is 1. The van der Waals surface area contributed by atoms with E-state index in [1.165, 1.54) is 6.42 Å². The van der Waals surface area contributed by atoms with Gasteiger partial charge in [-0.25, -0.2) is 0 Å². The molecular formula is C20H32N2O3. The standard InChI is InChI=1S/C20H32N2O3/c1-21(18-8-3-4-9-19(18)23)15-20(24)10-12-22(13-11-20)16-6-5-7-17(14-16)25-2/h5-7,14,18-19,23-24H,3-4,8-13,15H2,1-2H3/t18-,19+/m0/s1. The maximum absolute atomic E-state index is 11.0. The lowest BCUT2D eigenvalue weighted by molar-refractivity contribution is -0.0448. The van der Waals surface area contributed by atoms with Crippen molar-refractivity contribution < 1.29 is 14.9 Å². The third kappa shape index (κ3) is 4.46. The number of benzene rings is 1. The van der Waals surface area contributed by atoms with Crippen LogP contribution in [0.2, 0.25) is 0 Å². The number of hydrogen-bond donors (Lipinski definition) is 2. The van der Waals surface area contributed by atoms with Crippen LogP contribution in [0.4, 0.5) is 5.69 Å². The number of aliphatic hydroxyl groups is 2. The fourth-order valence-corrected chi connectivity index (χ4v) is 4.33. The average Bonchev–Trinajstić information content (AvgIpc) is 2.62. The average molecular weight is 348 g/mol. The number of hydrogen-bond acceptors (Lipinski definition) is 5. The van der Waals surface area contributed by atoms with Gasteiger partial charge in [0.15, 0.2) is 0 Å². The Morgan fingerprint density at radius 1 is 1.24 bits per heavy atom. The molecule has 0 amide bonds. The van der Waals surface area contributed by atoms with Crippen LogP contribution in [0.3, 0.4) is 0 Å². The first-order valence-electron chi connectivity index (χ1n) is 9.50. The number of piperidine rings is 1. The van der Waals surface area contributed by atoms with E-state index in [-0.39, 0.29) is 12.1 Å². The minimum atomic E-state index is -0.665. The van der Waals surface area contributed by atoms with E-state index in [1.807, 2.05) is 19.2 Å². The topological polar surface area (TPSA) is 56.2 Å². The van der Waals surface area contributed by atoms with Gasteiger partial charge in [-0.3, -0.25) is 4.90 Å². The lowest BCUT2D eigenvalue weighted by atomic mass is 9.87. The summed E-state index contributed by atoms with van der Waals surface area (Å²) >= 11 is 0. The zero-order valence-corrected chi connectivity index (χ0v) is 15.5. The summed E-state index contributed by atoms with van der Waals surface area (Å²) in [6, 6.07) is 8.29. The highest BCUT2D eigenvalue weighted by Crippen LogP contribution is 2.30. The Kier molecular flexibility index (Phi) is 5.87. The summed E-state index contributed by atoms with van der Waals surface area (Å²) in [5, 5.41) is 21.3. The minimum absolute atomic E-state index is 0.189. The van der Waals surface area contributed by atoms with Gasteiger partial charge in [0.25, 0.3) is 0 Å². The monoisotopic (exact) mass is 348 g/mol. The molecule has 0 bridgehead atoms. The van der Waals surface area contributed by atoms with Crippen LogP contribution in [0.25, 0.3) is 0 Å². The van der Waals surface area contributed by atoms with Gasteiger partial charge in [-0.1, -0.05) is 18.9 Å². The molecule has 1 heterocycles. The Balaban J connectivity index is 1.56. The first-order valence-corrected chi connectivity index (χ1v) is 9.50. The molecule has 1 aliphatic heterocycles. The van der Waals surface area contributed by atoms with Crippen LogP contribution in [0, 0.1) is 0 Å². The van der Waals surface area contributed by atoms with E-state index in [0.29, 0.717) is 6.54 Å². The zero-order valence-electron chi connectivity index (χ0n) is 15.5. The summed E-state index contributed by atoms with van der Waals surface area (Å²) in [5.41, 5.74) is 0.485. The maximum Gasteiger partial charge on any atom is 0.120 e. The van der Waals surface area contributed by atoms with Gasteiger partial charge in [-0.15, -0.1) is 0 Å². The molecule has 1 aromatic rings. The lowest BCUT2D eigenvalue weighted by Crippen LogP contribution is -2.54. The molecule has 5 heteroatoms. The molecule has 1 saturated heterocycles. The number of rotatable bonds is 5.